The van der Waals surface area contributed by atoms with Crippen LogP contribution < -0.4 is 10.6 Å². The number of rotatable bonds is 5. The lowest BCUT2D eigenvalue weighted by Gasteiger charge is -2.16. The third kappa shape index (κ3) is 6.77. The smallest absolute Gasteiger partial charge is 0.191 e. The van der Waals surface area contributed by atoms with Crippen LogP contribution in [0.25, 0.3) is 0 Å². The number of halogens is 1. The van der Waals surface area contributed by atoms with Crippen LogP contribution in [0.4, 0.5) is 0 Å². The number of hydrogen-bond donors (Lipinski definition) is 2. The number of guanidine groups is 1. The second kappa shape index (κ2) is 8.95. The zero-order valence-electron chi connectivity index (χ0n) is 11.1. The number of hydrogen-bond acceptors (Lipinski definition) is 3. The van der Waals surface area contributed by atoms with Crippen molar-refractivity contribution in [3.05, 3.63) is 0 Å². The molecule has 0 saturated heterocycles. The summed E-state index contributed by atoms with van der Waals surface area (Å²) in [6.45, 7) is 2.09. The molecule has 2 N–H and O–H groups in total. The minimum atomic E-state index is -2.90. The Morgan fingerprint density at radius 3 is 2.44 bits per heavy atom. The van der Waals surface area contributed by atoms with E-state index in [2.05, 4.69) is 15.6 Å². The Hall–Kier alpha value is -0.0500. The molecule has 18 heavy (non-hydrogen) atoms. The van der Waals surface area contributed by atoms with Crippen LogP contribution in [0.2, 0.25) is 0 Å². The molecule has 0 spiro atoms. The van der Waals surface area contributed by atoms with E-state index in [1.807, 2.05) is 0 Å². The highest BCUT2D eigenvalue weighted by Crippen LogP contribution is 2.17. The van der Waals surface area contributed by atoms with E-state index in [0.29, 0.717) is 18.5 Å². The van der Waals surface area contributed by atoms with E-state index in [1.54, 1.807) is 14.0 Å². The average Bonchev–Trinajstić information content (AvgIpc) is 2.80. The first-order valence-electron chi connectivity index (χ1n) is 6.25. The Morgan fingerprint density at radius 2 is 1.94 bits per heavy atom. The summed E-state index contributed by atoms with van der Waals surface area (Å²) in [6, 6.07) is 0.490. The van der Waals surface area contributed by atoms with Gasteiger partial charge in [-0.3, -0.25) is 4.99 Å². The molecule has 0 aliphatic heterocycles. The maximum atomic E-state index is 11.3. The molecule has 5 nitrogen and oxygen atoms in total. The summed E-state index contributed by atoms with van der Waals surface area (Å²) >= 11 is 0. The zero-order valence-corrected chi connectivity index (χ0v) is 14.3. The van der Waals surface area contributed by atoms with Crippen LogP contribution in [0, 0.1) is 0 Å². The highest BCUT2D eigenvalue weighted by atomic mass is 127. The normalized spacial score (nSPS) is 17.3. The minimum Gasteiger partial charge on any atom is -0.355 e. The molecule has 0 heterocycles. The summed E-state index contributed by atoms with van der Waals surface area (Å²) in [7, 11) is -1.19. The van der Waals surface area contributed by atoms with Crippen LogP contribution in [-0.2, 0) is 9.84 Å². The summed E-state index contributed by atoms with van der Waals surface area (Å²) in [5.41, 5.74) is 0. The second-order valence-electron chi connectivity index (χ2n) is 4.36. The van der Waals surface area contributed by atoms with Gasteiger partial charge in [0.25, 0.3) is 0 Å². The molecule has 0 bridgehead atoms. The highest BCUT2D eigenvalue weighted by molar-refractivity contribution is 14.0. The number of nitrogens with zero attached hydrogens (tertiary/aromatic N) is 1. The van der Waals surface area contributed by atoms with Gasteiger partial charge in [-0.25, -0.2) is 8.42 Å². The number of sulfone groups is 1. The molecule has 1 saturated carbocycles. The fourth-order valence-electron chi connectivity index (χ4n) is 1.93. The molecule has 1 aliphatic rings. The molecule has 1 rings (SSSR count). The Bertz CT molecular complexity index is 351. The summed E-state index contributed by atoms with van der Waals surface area (Å²) < 4.78 is 22.6. The van der Waals surface area contributed by atoms with Gasteiger partial charge in [-0.05, 0) is 12.8 Å². The molecular weight excluding hydrogens is 365 g/mol. The van der Waals surface area contributed by atoms with Crippen LogP contribution in [0.1, 0.15) is 32.6 Å². The average molecular weight is 389 g/mol. The fourth-order valence-corrected chi connectivity index (χ4v) is 2.63. The van der Waals surface area contributed by atoms with Gasteiger partial charge in [-0.1, -0.05) is 19.8 Å². The van der Waals surface area contributed by atoms with Gasteiger partial charge < -0.3 is 10.6 Å². The highest BCUT2D eigenvalue weighted by Gasteiger charge is 2.16. The number of aliphatic imine (C=N–C) groups is 1. The van der Waals surface area contributed by atoms with Crippen molar-refractivity contribution in [1.82, 2.24) is 10.6 Å². The van der Waals surface area contributed by atoms with Crippen molar-refractivity contribution in [2.75, 3.05) is 25.1 Å². The van der Waals surface area contributed by atoms with Crippen molar-refractivity contribution in [1.29, 1.82) is 0 Å². The van der Waals surface area contributed by atoms with E-state index in [1.165, 1.54) is 25.7 Å². The van der Waals surface area contributed by atoms with E-state index in [9.17, 15) is 8.42 Å². The van der Waals surface area contributed by atoms with Gasteiger partial charge in [0.05, 0.1) is 5.75 Å². The molecule has 0 atom stereocenters. The Kier molecular flexibility index (Phi) is 8.93. The first-order valence-corrected chi connectivity index (χ1v) is 8.07. The van der Waals surface area contributed by atoms with E-state index in [4.69, 9.17) is 0 Å². The Balaban J connectivity index is 0.00000289. The molecule has 1 fully saturated rings. The molecule has 0 radical (unpaired) electrons. The molecule has 1 aliphatic carbocycles. The van der Waals surface area contributed by atoms with Crippen LogP contribution in [0.15, 0.2) is 4.99 Å². The third-order valence-electron chi connectivity index (χ3n) is 3.06. The standard InChI is InChI=1S/C11H23N3O2S.HI/c1-3-17(15,16)9-8-13-11(12-2)14-10-6-4-5-7-10;/h10H,3-9H2,1-2H3,(H2,12,13,14);1H. The Labute approximate surface area is 127 Å². The molecule has 0 unspecified atom stereocenters. The molecule has 0 amide bonds. The number of nitrogens with one attached hydrogen (secondary N) is 2. The molecule has 0 aromatic heterocycles. The largest absolute Gasteiger partial charge is 0.355 e. The van der Waals surface area contributed by atoms with Crippen LogP contribution in [0.3, 0.4) is 0 Å². The van der Waals surface area contributed by atoms with Gasteiger partial charge >= 0.3 is 0 Å². The van der Waals surface area contributed by atoms with E-state index >= 15 is 0 Å². The van der Waals surface area contributed by atoms with E-state index in [-0.39, 0.29) is 35.5 Å². The summed E-state index contributed by atoms with van der Waals surface area (Å²) in [5.74, 6) is 1.07. The van der Waals surface area contributed by atoms with Crippen molar-refractivity contribution in [2.24, 2.45) is 4.99 Å². The van der Waals surface area contributed by atoms with Gasteiger partial charge in [0, 0.05) is 25.4 Å². The summed E-state index contributed by atoms with van der Waals surface area (Å²) in [5, 5.41) is 6.36. The van der Waals surface area contributed by atoms with Crippen LogP contribution >= 0.6 is 24.0 Å². The monoisotopic (exact) mass is 389 g/mol. The van der Waals surface area contributed by atoms with Gasteiger partial charge in [-0.2, -0.15) is 0 Å². The van der Waals surface area contributed by atoms with Gasteiger partial charge in [-0.15, -0.1) is 24.0 Å². The zero-order chi connectivity index (χ0) is 12.7. The van der Waals surface area contributed by atoms with Crippen molar-refractivity contribution >= 4 is 39.8 Å². The summed E-state index contributed by atoms with van der Waals surface area (Å²) in [6.07, 6.45) is 4.87. The first-order chi connectivity index (χ1) is 8.07. The predicted molar refractivity (Wildman–Crippen MR) is 86.5 cm³/mol. The lowest BCUT2D eigenvalue weighted by atomic mass is 10.2. The van der Waals surface area contributed by atoms with Gasteiger partial charge in [0.2, 0.25) is 0 Å². The lowest BCUT2D eigenvalue weighted by molar-refractivity contribution is 0.593. The van der Waals surface area contributed by atoms with E-state index < -0.39 is 9.84 Å². The lowest BCUT2D eigenvalue weighted by Crippen LogP contribution is -2.43. The van der Waals surface area contributed by atoms with E-state index in [0.717, 1.165) is 0 Å². The minimum absolute atomic E-state index is 0. The summed E-state index contributed by atoms with van der Waals surface area (Å²) in [4.78, 5) is 4.10. The first kappa shape index (κ1) is 17.9. The third-order valence-corrected chi connectivity index (χ3v) is 4.77. The second-order valence-corrected chi connectivity index (χ2v) is 6.83. The predicted octanol–water partition coefficient (Wildman–Crippen LogP) is 1.15. The van der Waals surface area contributed by atoms with Gasteiger partial charge in [0.1, 0.15) is 0 Å². The fraction of sp³-hybridized carbons (Fsp3) is 0.909. The molecule has 108 valence electrons. The molecule has 7 heteroatoms. The molecule has 0 aromatic carbocycles. The molecular formula is C11H24IN3O2S. The molecule has 0 aromatic rings. The maximum Gasteiger partial charge on any atom is 0.191 e. The van der Waals surface area contributed by atoms with Crippen molar-refractivity contribution in [2.45, 2.75) is 38.6 Å². The van der Waals surface area contributed by atoms with Crippen LogP contribution in [-0.4, -0.2) is 45.5 Å². The SMILES string of the molecule is CCS(=O)(=O)CCNC(=NC)NC1CCCC1.I. The topological polar surface area (TPSA) is 70.6 Å². The maximum absolute atomic E-state index is 11.3. The van der Waals surface area contributed by atoms with Crippen molar-refractivity contribution in [3.63, 3.8) is 0 Å². The van der Waals surface area contributed by atoms with Crippen LogP contribution in [0.5, 0.6) is 0 Å². The quantitative estimate of drug-likeness (QED) is 0.421. The van der Waals surface area contributed by atoms with Gasteiger partial charge in [0.15, 0.2) is 15.8 Å². The van der Waals surface area contributed by atoms with Crippen molar-refractivity contribution in [3.8, 4) is 0 Å². The Morgan fingerprint density at radius 1 is 1.33 bits per heavy atom. The van der Waals surface area contributed by atoms with Crippen molar-refractivity contribution < 1.29 is 8.42 Å².